The topological polar surface area (TPSA) is 49.4 Å². The van der Waals surface area contributed by atoms with Crippen LogP contribution < -0.4 is 5.32 Å². The lowest BCUT2D eigenvalue weighted by Crippen LogP contribution is -2.31. The lowest BCUT2D eigenvalue weighted by Gasteiger charge is -2.25. The first-order valence-electron chi connectivity index (χ1n) is 8.22. The van der Waals surface area contributed by atoms with Crippen molar-refractivity contribution in [3.8, 4) is 0 Å². The zero-order chi connectivity index (χ0) is 18.2. The second-order valence-corrected chi connectivity index (χ2v) is 6.99. The molecule has 2 rings (SSSR count). The fourth-order valence-corrected chi connectivity index (χ4v) is 3.16. The molecular formula is C20H24N2O2S. The third kappa shape index (κ3) is 5.94. The minimum absolute atomic E-state index is 0.00965. The summed E-state index contributed by atoms with van der Waals surface area (Å²) in [5.74, 6) is 0.467. The van der Waals surface area contributed by atoms with E-state index in [2.05, 4.69) is 5.32 Å². The van der Waals surface area contributed by atoms with Crippen molar-refractivity contribution in [1.82, 2.24) is 4.90 Å². The van der Waals surface area contributed by atoms with Crippen molar-refractivity contribution in [2.45, 2.75) is 19.9 Å². The quantitative estimate of drug-likeness (QED) is 0.819. The van der Waals surface area contributed by atoms with Crippen molar-refractivity contribution in [2.24, 2.45) is 0 Å². The van der Waals surface area contributed by atoms with Gasteiger partial charge in [0, 0.05) is 12.7 Å². The van der Waals surface area contributed by atoms with Crippen molar-refractivity contribution in [3.63, 3.8) is 0 Å². The maximum Gasteiger partial charge on any atom is 0.234 e. The molecule has 2 aromatic rings. The Labute approximate surface area is 153 Å². The molecule has 0 spiro atoms. The van der Waals surface area contributed by atoms with Gasteiger partial charge in [-0.2, -0.15) is 0 Å². The molecule has 1 atom stereocenters. The summed E-state index contributed by atoms with van der Waals surface area (Å²) in [6, 6.07) is 17.6. The Morgan fingerprint density at radius 1 is 1.08 bits per heavy atom. The Morgan fingerprint density at radius 2 is 1.80 bits per heavy atom. The summed E-state index contributed by atoms with van der Waals surface area (Å²) in [5.41, 5.74) is 2.98. The zero-order valence-electron chi connectivity index (χ0n) is 14.9. The molecule has 2 amide bonds. The molecule has 0 aromatic heterocycles. The van der Waals surface area contributed by atoms with Crippen LogP contribution in [-0.4, -0.2) is 35.3 Å². The fraction of sp³-hybridized carbons (Fsp3) is 0.300. The number of aryl methyl sites for hydroxylation is 1. The van der Waals surface area contributed by atoms with E-state index in [1.807, 2.05) is 68.4 Å². The molecule has 0 aliphatic rings. The van der Waals surface area contributed by atoms with Crippen LogP contribution in [0.3, 0.4) is 0 Å². The van der Waals surface area contributed by atoms with Crippen molar-refractivity contribution in [3.05, 3.63) is 65.7 Å². The Balaban J connectivity index is 1.76. The molecule has 2 aromatic carbocycles. The van der Waals surface area contributed by atoms with Gasteiger partial charge in [-0.3, -0.25) is 9.59 Å². The molecule has 0 radical (unpaired) electrons. The number of thioether (sulfide) groups is 1. The van der Waals surface area contributed by atoms with Gasteiger partial charge in [-0.1, -0.05) is 42.5 Å². The van der Waals surface area contributed by atoms with Crippen molar-refractivity contribution in [1.29, 1.82) is 0 Å². The number of carbonyl (C=O) groups excluding carboxylic acids is 2. The number of carbonyl (C=O) groups is 2. The summed E-state index contributed by atoms with van der Waals surface area (Å²) in [6.07, 6.45) is 0. The van der Waals surface area contributed by atoms with Gasteiger partial charge >= 0.3 is 0 Å². The average molecular weight is 356 g/mol. The normalized spacial score (nSPS) is 11.6. The van der Waals surface area contributed by atoms with E-state index in [1.165, 1.54) is 11.8 Å². The molecule has 0 fully saturated rings. The molecule has 0 aliphatic carbocycles. The van der Waals surface area contributed by atoms with Gasteiger partial charge in [0.1, 0.15) is 0 Å². The smallest absolute Gasteiger partial charge is 0.234 e. The second-order valence-electron chi connectivity index (χ2n) is 6.00. The molecule has 0 bridgehead atoms. The highest BCUT2D eigenvalue weighted by Gasteiger charge is 2.17. The van der Waals surface area contributed by atoms with E-state index in [1.54, 1.807) is 11.9 Å². The fourth-order valence-electron chi connectivity index (χ4n) is 2.42. The third-order valence-corrected chi connectivity index (χ3v) is 4.93. The first-order valence-corrected chi connectivity index (χ1v) is 9.37. The number of amides is 2. The van der Waals surface area contributed by atoms with Crippen LogP contribution >= 0.6 is 11.8 Å². The number of hydrogen-bond acceptors (Lipinski definition) is 3. The largest absolute Gasteiger partial charge is 0.338 e. The summed E-state index contributed by atoms with van der Waals surface area (Å²) >= 11 is 1.33. The molecule has 4 nitrogen and oxygen atoms in total. The lowest BCUT2D eigenvalue weighted by atomic mass is 10.1. The highest BCUT2D eigenvalue weighted by molar-refractivity contribution is 8.00. The predicted molar refractivity (Wildman–Crippen MR) is 105 cm³/mol. The van der Waals surface area contributed by atoms with Gasteiger partial charge < -0.3 is 10.2 Å². The van der Waals surface area contributed by atoms with Crippen molar-refractivity contribution in [2.75, 3.05) is 23.9 Å². The van der Waals surface area contributed by atoms with E-state index in [-0.39, 0.29) is 29.4 Å². The second kappa shape index (κ2) is 9.28. The Kier molecular flexibility index (Phi) is 7.07. The minimum atomic E-state index is -0.0952. The van der Waals surface area contributed by atoms with Gasteiger partial charge in [0.25, 0.3) is 0 Å². The first kappa shape index (κ1) is 19.1. The molecule has 25 heavy (non-hydrogen) atoms. The van der Waals surface area contributed by atoms with Gasteiger partial charge in [-0.25, -0.2) is 0 Å². The molecule has 5 heteroatoms. The highest BCUT2D eigenvalue weighted by atomic mass is 32.2. The van der Waals surface area contributed by atoms with Crippen LogP contribution in [0.2, 0.25) is 0 Å². The Morgan fingerprint density at radius 3 is 2.48 bits per heavy atom. The monoisotopic (exact) mass is 356 g/mol. The molecule has 0 saturated carbocycles. The molecule has 0 heterocycles. The molecule has 1 N–H and O–H groups in total. The Bertz CT molecular complexity index is 719. The molecule has 132 valence electrons. The van der Waals surface area contributed by atoms with Crippen molar-refractivity contribution >= 4 is 29.3 Å². The first-order chi connectivity index (χ1) is 12.0. The van der Waals surface area contributed by atoms with Gasteiger partial charge in [0.2, 0.25) is 11.8 Å². The van der Waals surface area contributed by atoms with E-state index in [9.17, 15) is 9.59 Å². The van der Waals surface area contributed by atoms with Gasteiger partial charge in [0.05, 0.1) is 17.5 Å². The van der Waals surface area contributed by atoms with Gasteiger partial charge in [-0.15, -0.1) is 11.8 Å². The molecule has 0 aliphatic heterocycles. The zero-order valence-corrected chi connectivity index (χ0v) is 15.7. The Hall–Kier alpha value is -2.27. The maximum absolute atomic E-state index is 12.3. The van der Waals surface area contributed by atoms with E-state index < -0.39 is 0 Å². The van der Waals surface area contributed by atoms with Crippen LogP contribution in [0.15, 0.2) is 54.6 Å². The number of hydrogen-bond donors (Lipinski definition) is 1. The van der Waals surface area contributed by atoms with E-state index in [0.717, 1.165) is 16.8 Å². The van der Waals surface area contributed by atoms with Crippen LogP contribution in [0.4, 0.5) is 5.69 Å². The maximum atomic E-state index is 12.3. The molecule has 0 saturated heterocycles. The van der Waals surface area contributed by atoms with Gasteiger partial charge in [-0.05, 0) is 37.1 Å². The summed E-state index contributed by atoms with van der Waals surface area (Å²) in [5, 5.41) is 2.85. The van der Waals surface area contributed by atoms with Gasteiger partial charge in [0.15, 0.2) is 0 Å². The summed E-state index contributed by atoms with van der Waals surface area (Å²) < 4.78 is 0. The number of anilines is 1. The third-order valence-electron chi connectivity index (χ3n) is 4.02. The highest BCUT2D eigenvalue weighted by Crippen LogP contribution is 2.19. The number of nitrogens with one attached hydrogen (secondary N) is 1. The van der Waals surface area contributed by atoms with Crippen LogP contribution in [0.1, 0.15) is 24.1 Å². The predicted octanol–water partition coefficient (Wildman–Crippen LogP) is 3.89. The SMILES string of the molecule is Cc1cccc(NC(=O)CSCC(=O)N(C)C(C)c2ccccc2)c1. The van der Waals surface area contributed by atoms with Crippen LogP contribution in [0.5, 0.6) is 0 Å². The summed E-state index contributed by atoms with van der Waals surface area (Å²) in [6.45, 7) is 3.98. The summed E-state index contributed by atoms with van der Waals surface area (Å²) in [7, 11) is 1.80. The van der Waals surface area contributed by atoms with Crippen LogP contribution in [-0.2, 0) is 9.59 Å². The summed E-state index contributed by atoms with van der Waals surface area (Å²) in [4.78, 5) is 26.0. The van der Waals surface area contributed by atoms with E-state index in [0.29, 0.717) is 0 Å². The molecule has 1 unspecified atom stereocenters. The number of rotatable bonds is 7. The van der Waals surface area contributed by atoms with E-state index in [4.69, 9.17) is 0 Å². The van der Waals surface area contributed by atoms with Crippen LogP contribution in [0, 0.1) is 6.92 Å². The average Bonchev–Trinajstić information content (AvgIpc) is 2.61. The number of benzene rings is 2. The lowest BCUT2D eigenvalue weighted by molar-refractivity contribution is -0.128. The minimum Gasteiger partial charge on any atom is -0.338 e. The van der Waals surface area contributed by atoms with E-state index >= 15 is 0 Å². The van der Waals surface area contributed by atoms with Crippen molar-refractivity contribution < 1.29 is 9.59 Å². The van der Waals surface area contributed by atoms with Crippen LogP contribution in [0.25, 0.3) is 0 Å². The molecular weight excluding hydrogens is 332 g/mol. The number of nitrogens with zero attached hydrogens (tertiary/aromatic N) is 1. The standard InChI is InChI=1S/C20H24N2O2S/c1-15-8-7-11-18(12-15)21-19(23)13-25-14-20(24)22(3)16(2)17-9-5-4-6-10-17/h4-12,16H,13-14H2,1-3H3,(H,21,23).